The van der Waals surface area contributed by atoms with E-state index in [-0.39, 0.29) is 12.0 Å². The van der Waals surface area contributed by atoms with Crippen LogP contribution in [0.1, 0.15) is 23.7 Å². The first-order chi connectivity index (χ1) is 8.63. The van der Waals surface area contributed by atoms with Gasteiger partial charge in [-0.3, -0.25) is 0 Å². The first-order valence-electron chi connectivity index (χ1n) is 6.17. The van der Waals surface area contributed by atoms with Crippen LogP contribution in [0.3, 0.4) is 0 Å². The Morgan fingerprint density at radius 3 is 3.06 bits per heavy atom. The molecule has 2 rings (SSSR count). The van der Waals surface area contributed by atoms with Gasteiger partial charge in [-0.05, 0) is 24.5 Å². The Hall–Kier alpha value is -1.62. The van der Waals surface area contributed by atoms with Crippen LogP contribution < -0.4 is 10.6 Å². The number of aromatic nitrogens is 1. The highest BCUT2D eigenvalue weighted by molar-refractivity contribution is 5.94. The first-order valence-corrected chi connectivity index (χ1v) is 6.17. The average Bonchev–Trinajstić information content (AvgIpc) is 2.41. The average molecular weight is 249 g/mol. The fraction of sp³-hybridized carbons (Fsp3) is 0.538. The third-order valence-corrected chi connectivity index (χ3v) is 3.46. The van der Waals surface area contributed by atoms with Crippen LogP contribution in [0.25, 0.3) is 0 Å². The Morgan fingerprint density at radius 2 is 2.39 bits per heavy atom. The molecule has 0 aliphatic carbocycles. The monoisotopic (exact) mass is 249 g/mol. The predicted octanol–water partition coefficient (Wildman–Crippen LogP) is 1.04. The van der Waals surface area contributed by atoms with Crippen molar-refractivity contribution in [2.45, 2.75) is 19.4 Å². The van der Waals surface area contributed by atoms with Crippen molar-refractivity contribution in [3.05, 3.63) is 23.9 Å². The van der Waals surface area contributed by atoms with Gasteiger partial charge in [0.05, 0.1) is 7.11 Å². The molecule has 98 valence electrons. The van der Waals surface area contributed by atoms with Crippen molar-refractivity contribution in [1.82, 2.24) is 4.98 Å². The maximum absolute atomic E-state index is 11.7. The minimum absolute atomic E-state index is 0.228. The number of hydrogen-bond acceptors (Lipinski definition) is 5. The van der Waals surface area contributed by atoms with Crippen LogP contribution in [0.2, 0.25) is 0 Å². The summed E-state index contributed by atoms with van der Waals surface area (Å²) in [6, 6.07) is 3.72. The number of carbonyl (C=O) groups is 1. The van der Waals surface area contributed by atoms with Crippen molar-refractivity contribution in [3.8, 4) is 0 Å². The van der Waals surface area contributed by atoms with E-state index >= 15 is 0 Å². The molecular formula is C13H19N3O2. The molecule has 0 spiro atoms. The minimum atomic E-state index is -0.347. The number of ether oxygens (including phenoxy) is 1. The third kappa shape index (κ3) is 2.46. The zero-order valence-electron chi connectivity index (χ0n) is 10.8. The molecule has 5 heteroatoms. The van der Waals surface area contributed by atoms with Gasteiger partial charge in [0, 0.05) is 25.3 Å². The van der Waals surface area contributed by atoms with Gasteiger partial charge in [0.2, 0.25) is 0 Å². The molecule has 1 saturated heterocycles. The lowest BCUT2D eigenvalue weighted by Gasteiger charge is -2.36. The molecule has 1 aliphatic rings. The second kappa shape index (κ2) is 5.35. The number of anilines is 1. The summed E-state index contributed by atoms with van der Waals surface area (Å²) in [6.07, 6.45) is 2.61. The van der Waals surface area contributed by atoms with E-state index in [4.69, 9.17) is 10.5 Å². The van der Waals surface area contributed by atoms with Gasteiger partial charge in [-0.15, -0.1) is 0 Å². The van der Waals surface area contributed by atoms with E-state index < -0.39 is 0 Å². The fourth-order valence-electron chi connectivity index (χ4n) is 2.27. The van der Waals surface area contributed by atoms with E-state index in [0.29, 0.717) is 17.3 Å². The Balaban J connectivity index is 2.25. The van der Waals surface area contributed by atoms with Gasteiger partial charge in [-0.1, -0.05) is 6.92 Å². The number of methoxy groups -OCH3 is 1. The molecular weight excluding hydrogens is 230 g/mol. The summed E-state index contributed by atoms with van der Waals surface area (Å²) in [5, 5.41) is 0. The summed E-state index contributed by atoms with van der Waals surface area (Å²) in [7, 11) is 1.38. The van der Waals surface area contributed by atoms with E-state index in [1.54, 1.807) is 18.3 Å². The smallest absolute Gasteiger partial charge is 0.341 e. The van der Waals surface area contributed by atoms with Crippen LogP contribution in [-0.2, 0) is 4.74 Å². The molecule has 1 fully saturated rings. The highest BCUT2D eigenvalue weighted by Gasteiger charge is 2.26. The number of hydrogen-bond donors (Lipinski definition) is 1. The number of esters is 1. The molecule has 0 saturated carbocycles. The molecule has 0 radical (unpaired) electrons. The molecule has 1 aromatic heterocycles. The van der Waals surface area contributed by atoms with Gasteiger partial charge < -0.3 is 15.4 Å². The number of pyridine rings is 1. The molecule has 1 aliphatic heterocycles. The number of nitrogens with zero attached hydrogens (tertiary/aromatic N) is 2. The van der Waals surface area contributed by atoms with Gasteiger partial charge in [0.25, 0.3) is 0 Å². The molecule has 2 heterocycles. The van der Waals surface area contributed by atoms with E-state index in [1.807, 2.05) is 0 Å². The van der Waals surface area contributed by atoms with Crippen LogP contribution in [0.5, 0.6) is 0 Å². The highest BCUT2D eigenvalue weighted by Crippen LogP contribution is 2.24. The lowest BCUT2D eigenvalue weighted by Crippen LogP contribution is -2.46. The standard InChI is InChI=1S/C13H19N3O2/c1-9-8-16(7-5-11(9)14)12-10(13(17)18-2)4-3-6-15-12/h3-4,6,9,11H,5,7-8,14H2,1-2H3. The number of carbonyl (C=O) groups excluding carboxylic acids is 1. The van der Waals surface area contributed by atoms with Crippen molar-refractivity contribution in [3.63, 3.8) is 0 Å². The Bertz CT molecular complexity index is 436. The van der Waals surface area contributed by atoms with Gasteiger partial charge in [0.15, 0.2) is 0 Å². The lowest BCUT2D eigenvalue weighted by atomic mass is 9.94. The number of nitrogens with two attached hydrogens (primary N) is 1. The number of rotatable bonds is 2. The SMILES string of the molecule is COC(=O)c1cccnc1N1CCC(N)C(C)C1. The van der Waals surface area contributed by atoms with Gasteiger partial charge in [0.1, 0.15) is 11.4 Å². The largest absolute Gasteiger partial charge is 0.465 e. The zero-order valence-corrected chi connectivity index (χ0v) is 10.8. The summed E-state index contributed by atoms with van der Waals surface area (Å²) in [6.45, 7) is 3.77. The molecule has 2 N–H and O–H groups in total. The van der Waals surface area contributed by atoms with Crippen LogP contribution in [0.4, 0.5) is 5.82 Å². The van der Waals surface area contributed by atoms with Crippen LogP contribution in [-0.4, -0.2) is 37.2 Å². The summed E-state index contributed by atoms with van der Waals surface area (Å²) in [4.78, 5) is 18.1. The lowest BCUT2D eigenvalue weighted by molar-refractivity contribution is 0.0601. The van der Waals surface area contributed by atoms with Crippen molar-refractivity contribution < 1.29 is 9.53 Å². The summed E-state index contributed by atoms with van der Waals surface area (Å²) in [5.74, 6) is 0.745. The molecule has 18 heavy (non-hydrogen) atoms. The number of piperidine rings is 1. The molecule has 2 unspecified atom stereocenters. The van der Waals surface area contributed by atoms with Gasteiger partial charge in [-0.25, -0.2) is 9.78 Å². The summed E-state index contributed by atoms with van der Waals surface area (Å²) in [5.41, 5.74) is 6.52. The Kier molecular flexibility index (Phi) is 3.81. The fourth-order valence-corrected chi connectivity index (χ4v) is 2.27. The molecule has 1 aromatic rings. The van der Waals surface area contributed by atoms with Crippen molar-refractivity contribution >= 4 is 11.8 Å². The topological polar surface area (TPSA) is 68.5 Å². The molecule has 2 atom stereocenters. The molecule has 0 bridgehead atoms. The molecule has 0 aromatic carbocycles. The first kappa shape index (κ1) is 12.8. The van der Waals surface area contributed by atoms with Crippen molar-refractivity contribution in [1.29, 1.82) is 0 Å². The van der Waals surface area contributed by atoms with Gasteiger partial charge in [-0.2, -0.15) is 0 Å². The van der Waals surface area contributed by atoms with E-state index in [9.17, 15) is 4.79 Å². The maximum atomic E-state index is 11.7. The highest BCUT2D eigenvalue weighted by atomic mass is 16.5. The van der Waals surface area contributed by atoms with Gasteiger partial charge >= 0.3 is 5.97 Å². The van der Waals surface area contributed by atoms with Crippen LogP contribution >= 0.6 is 0 Å². The van der Waals surface area contributed by atoms with E-state index in [2.05, 4.69) is 16.8 Å². The Morgan fingerprint density at radius 1 is 1.61 bits per heavy atom. The van der Waals surface area contributed by atoms with E-state index in [1.165, 1.54) is 7.11 Å². The quantitative estimate of drug-likeness (QED) is 0.793. The molecule has 5 nitrogen and oxygen atoms in total. The van der Waals surface area contributed by atoms with E-state index in [0.717, 1.165) is 19.5 Å². The third-order valence-electron chi connectivity index (χ3n) is 3.46. The summed E-state index contributed by atoms with van der Waals surface area (Å²) < 4.78 is 4.79. The zero-order chi connectivity index (χ0) is 13.1. The molecule has 0 amide bonds. The van der Waals surface area contributed by atoms with Crippen molar-refractivity contribution in [2.75, 3.05) is 25.1 Å². The second-order valence-corrected chi connectivity index (χ2v) is 4.74. The minimum Gasteiger partial charge on any atom is -0.465 e. The summed E-state index contributed by atoms with van der Waals surface area (Å²) >= 11 is 0. The van der Waals surface area contributed by atoms with Crippen LogP contribution in [0, 0.1) is 5.92 Å². The Labute approximate surface area is 107 Å². The van der Waals surface area contributed by atoms with Crippen LogP contribution in [0.15, 0.2) is 18.3 Å². The van der Waals surface area contributed by atoms with Crippen molar-refractivity contribution in [2.24, 2.45) is 11.7 Å². The normalized spacial score (nSPS) is 23.8. The predicted molar refractivity (Wildman–Crippen MR) is 69.5 cm³/mol. The maximum Gasteiger partial charge on any atom is 0.341 e. The second-order valence-electron chi connectivity index (χ2n) is 4.74.